The number of anilines is 1. The number of carbonyl (C=O) groups is 2. The summed E-state index contributed by atoms with van der Waals surface area (Å²) in [6.07, 6.45) is 3.72. The highest BCUT2D eigenvalue weighted by atomic mass is 35.5. The SMILES string of the molecule is CCCCCCn1nc(C(=O)OCC(=O)Nc2ccc(Cl)cc2[N+](=O)[O-])c2ccccc2c1=O. The van der Waals surface area contributed by atoms with Crippen LogP contribution in [0.3, 0.4) is 0 Å². The third kappa shape index (κ3) is 5.96. The van der Waals surface area contributed by atoms with E-state index in [2.05, 4.69) is 17.3 Å². The van der Waals surface area contributed by atoms with Gasteiger partial charge < -0.3 is 10.1 Å². The highest BCUT2D eigenvalue weighted by molar-refractivity contribution is 6.31. The van der Waals surface area contributed by atoms with Gasteiger partial charge in [0, 0.05) is 23.0 Å². The minimum atomic E-state index is -0.890. The molecule has 0 bridgehead atoms. The molecule has 11 heteroatoms. The van der Waals surface area contributed by atoms with Crippen molar-refractivity contribution in [1.82, 2.24) is 9.78 Å². The molecule has 0 fully saturated rings. The largest absolute Gasteiger partial charge is 0.451 e. The zero-order valence-electron chi connectivity index (χ0n) is 18.5. The summed E-state index contributed by atoms with van der Waals surface area (Å²) in [7, 11) is 0. The third-order valence-electron chi connectivity index (χ3n) is 5.05. The molecular formula is C23H23ClN4O6. The van der Waals surface area contributed by atoms with Crippen molar-refractivity contribution in [2.24, 2.45) is 0 Å². The van der Waals surface area contributed by atoms with Gasteiger partial charge in [-0.15, -0.1) is 0 Å². The predicted molar refractivity (Wildman–Crippen MR) is 127 cm³/mol. The third-order valence-corrected chi connectivity index (χ3v) is 5.28. The van der Waals surface area contributed by atoms with Crippen LogP contribution in [0.5, 0.6) is 0 Å². The van der Waals surface area contributed by atoms with E-state index in [0.717, 1.165) is 31.7 Å². The van der Waals surface area contributed by atoms with Crippen LogP contribution < -0.4 is 10.9 Å². The highest BCUT2D eigenvalue weighted by Gasteiger charge is 2.21. The fourth-order valence-electron chi connectivity index (χ4n) is 3.37. The van der Waals surface area contributed by atoms with Gasteiger partial charge in [0.25, 0.3) is 17.2 Å². The number of amides is 1. The second-order valence-electron chi connectivity index (χ2n) is 7.53. The standard InChI is InChI=1S/C23H23ClN4O6/c1-2-3-4-7-12-27-22(30)17-9-6-5-8-16(17)21(26-27)23(31)34-14-20(29)25-18-11-10-15(24)13-19(18)28(32)33/h5-6,8-11,13H,2-4,7,12,14H2,1H3,(H,25,29). The Morgan fingerprint density at radius 2 is 1.88 bits per heavy atom. The van der Waals surface area contributed by atoms with E-state index >= 15 is 0 Å². The summed E-state index contributed by atoms with van der Waals surface area (Å²) in [5.74, 6) is -1.67. The molecular weight excluding hydrogens is 464 g/mol. The summed E-state index contributed by atoms with van der Waals surface area (Å²) in [5, 5.41) is 18.5. The van der Waals surface area contributed by atoms with Gasteiger partial charge in [-0.1, -0.05) is 56.0 Å². The van der Waals surface area contributed by atoms with Gasteiger partial charge in [-0.05, 0) is 24.6 Å². The normalized spacial score (nSPS) is 10.8. The summed E-state index contributed by atoms with van der Waals surface area (Å²) in [4.78, 5) is 48.3. The lowest BCUT2D eigenvalue weighted by molar-refractivity contribution is -0.383. The number of nitro groups is 1. The number of unbranched alkanes of at least 4 members (excludes halogenated alkanes) is 3. The van der Waals surface area contributed by atoms with Gasteiger partial charge in [-0.3, -0.25) is 19.7 Å². The molecule has 34 heavy (non-hydrogen) atoms. The van der Waals surface area contributed by atoms with E-state index in [9.17, 15) is 24.5 Å². The highest BCUT2D eigenvalue weighted by Crippen LogP contribution is 2.27. The molecule has 0 saturated heterocycles. The topological polar surface area (TPSA) is 133 Å². The van der Waals surface area contributed by atoms with Crippen molar-refractivity contribution in [1.29, 1.82) is 0 Å². The number of ether oxygens (including phenoxy) is 1. The quantitative estimate of drug-likeness (QED) is 0.195. The number of esters is 1. The van der Waals surface area contributed by atoms with Crippen LogP contribution in [-0.4, -0.2) is 33.2 Å². The molecule has 178 valence electrons. The first-order valence-electron chi connectivity index (χ1n) is 10.7. The maximum atomic E-state index is 12.8. The van der Waals surface area contributed by atoms with E-state index in [1.807, 2.05) is 0 Å². The maximum absolute atomic E-state index is 12.8. The molecule has 0 aliphatic rings. The molecule has 0 aliphatic carbocycles. The lowest BCUT2D eigenvalue weighted by Gasteiger charge is -2.11. The molecule has 0 spiro atoms. The van der Waals surface area contributed by atoms with Crippen molar-refractivity contribution in [3.05, 3.63) is 73.6 Å². The van der Waals surface area contributed by atoms with E-state index in [0.29, 0.717) is 17.3 Å². The van der Waals surface area contributed by atoms with Crippen molar-refractivity contribution >= 4 is 45.6 Å². The van der Waals surface area contributed by atoms with Gasteiger partial charge in [0.15, 0.2) is 12.3 Å². The maximum Gasteiger partial charge on any atom is 0.359 e. The average Bonchev–Trinajstić information content (AvgIpc) is 2.82. The molecule has 0 atom stereocenters. The van der Waals surface area contributed by atoms with E-state index in [1.165, 1.54) is 16.8 Å². The van der Waals surface area contributed by atoms with Crippen molar-refractivity contribution in [2.45, 2.75) is 39.2 Å². The number of aryl methyl sites for hydroxylation is 1. The molecule has 0 radical (unpaired) electrons. The molecule has 1 aromatic heterocycles. The smallest absolute Gasteiger partial charge is 0.359 e. The minimum absolute atomic E-state index is 0.0837. The summed E-state index contributed by atoms with van der Waals surface area (Å²) in [6, 6.07) is 10.3. The summed E-state index contributed by atoms with van der Waals surface area (Å²) in [6.45, 7) is 1.73. The number of carbonyl (C=O) groups excluding carboxylic acids is 2. The zero-order chi connectivity index (χ0) is 24.7. The van der Waals surface area contributed by atoms with Gasteiger partial charge in [0.05, 0.1) is 10.3 Å². The van der Waals surface area contributed by atoms with E-state index in [-0.39, 0.29) is 22.0 Å². The first-order valence-corrected chi connectivity index (χ1v) is 11.1. The van der Waals surface area contributed by atoms with Gasteiger partial charge in [0.1, 0.15) is 5.69 Å². The molecule has 3 rings (SSSR count). The number of hydrogen-bond acceptors (Lipinski definition) is 7. The first kappa shape index (κ1) is 24.8. The monoisotopic (exact) mass is 486 g/mol. The van der Waals surface area contributed by atoms with Crippen LogP contribution in [0.4, 0.5) is 11.4 Å². The first-order chi connectivity index (χ1) is 16.3. The molecule has 0 unspecified atom stereocenters. The van der Waals surface area contributed by atoms with Gasteiger partial charge in [-0.25, -0.2) is 9.48 Å². The number of rotatable bonds is 10. The lowest BCUT2D eigenvalue weighted by Crippen LogP contribution is -2.28. The Balaban J connectivity index is 1.77. The van der Waals surface area contributed by atoms with E-state index in [1.54, 1.807) is 24.3 Å². The molecule has 3 aromatic rings. The molecule has 0 aliphatic heterocycles. The number of halogens is 1. The number of nitro benzene ring substituents is 1. The van der Waals surface area contributed by atoms with Crippen molar-refractivity contribution in [3.63, 3.8) is 0 Å². The molecule has 1 amide bonds. The summed E-state index contributed by atoms with van der Waals surface area (Å²) >= 11 is 5.77. The van der Waals surface area contributed by atoms with Crippen LogP contribution in [0.25, 0.3) is 10.8 Å². The van der Waals surface area contributed by atoms with Crippen LogP contribution in [0.2, 0.25) is 5.02 Å². The Hall–Kier alpha value is -3.79. The van der Waals surface area contributed by atoms with Crippen LogP contribution in [0.1, 0.15) is 43.1 Å². The number of hydrogen-bond donors (Lipinski definition) is 1. The van der Waals surface area contributed by atoms with Gasteiger partial charge >= 0.3 is 5.97 Å². The Kier molecular flexibility index (Phi) is 8.31. The van der Waals surface area contributed by atoms with Crippen LogP contribution in [0.15, 0.2) is 47.3 Å². The summed E-state index contributed by atoms with van der Waals surface area (Å²) < 4.78 is 6.35. The Morgan fingerprint density at radius 3 is 2.59 bits per heavy atom. The van der Waals surface area contributed by atoms with E-state index < -0.39 is 29.1 Å². The average molecular weight is 487 g/mol. The lowest BCUT2D eigenvalue weighted by atomic mass is 10.1. The number of benzene rings is 2. The van der Waals surface area contributed by atoms with Crippen LogP contribution >= 0.6 is 11.6 Å². The number of nitrogens with zero attached hydrogens (tertiary/aromatic N) is 3. The molecule has 1 heterocycles. The summed E-state index contributed by atoms with van der Waals surface area (Å²) in [5.41, 5.74) is -0.873. The van der Waals surface area contributed by atoms with Crippen LogP contribution in [0, 0.1) is 10.1 Å². The fourth-order valence-corrected chi connectivity index (χ4v) is 3.54. The van der Waals surface area contributed by atoms with Crippen molar-refractivity contribution < 1.29 is 19.2 Å². The molecule has 10 nitrogen and oxygen atoms in total. The molecule has 0 saturated carbocycles. The van der Waals surface area contributed by atoms with Crippen molar-refractivity contribution in [3.8, 4) is 0 Å². The number of nitrogens with one attached hydrogen (secondary N) is 1. The number of aromatic nitrogens is 2. The van der Waals surface area contributed by atoms with Gasteiger partial charge in [-0.2, -0.15) is 5.10 Å². The zero-order valence-corrected chi connectivity index (χ0v) is 19.2. The Bertz CT molecular complexity index is 1290. The Labute approximate surface area is 199 Å². The molecule has 1 N–H and O–H groups in total. The molecule has 2 aromatic carbocycles. The predicted octanol–water partition coefficient (Wildman–Crippen LogP) is 4.33. The minimum Gasteiger partial charge on any atom is -0.451 e. The van der Waals surface area contributed by atoms with Crippen LogP contribution in [-0.2, 0) is 16.1 Å². The Morgan fingerprint density at radius 1 is 1.15 bits per heavy atom. The fraction of sp³-hybridized carbons (Fsp3) is 0.304. The number of fused-ring (bicyclic) bond motifs is 1. The second-order valence-corrected chi connectivity index (χ2v) is 7.96. The van der Waals surface area contributed by atoms with E-state index in [4.69, 9.17) is 16.3 Å². The van der Waals surface area contributed by atoms with Gasteiger partial charge in [0.2, 0.25) is 0 Å². The van der Waals surface area contributed by atoms with Crippen molar-refractivity contribution in [2.75, 3.05) is 11.9 Å². The second kappa shape index (κ2) is 11.4.